The largest absolute Gasteiger partial charge is 0.508 e. The second-order valence-corrected chi connectivity index (χ2v) is 9.32. The molecule has 3 aromatic carbocycles. The Morgan fingerprint density at radius 2 is 1.53 bits per heavy atom. The van der Waals surface area contributed by atoms with Crippen LogP contribution in [0.2, 0.25) is 0 Å². The topological polar surface area (TPSA) is 102 Å². The average molecular weight is 463 g/mol. The minimum absolute atomic E-state index is 0.00274. The van der Waals surface area contributed by atoms with Gasteiger partial charge in [0.15, 0.2) is 0 Å². The van der Waals surface area contributed by atoms with Gasteiger partial charge in [0.2, 0.25) is 5.91 Å². The number of hydrogen-bond acceptors (Lipinski definition) is 5. The van der Waals surface area contributed by atoms with E-state index in [1.54, 1.807) is 0 Å². The van der Waals surface area contributed by atoms with Crippen LogP contribution < -0.4 is 10.6 Å². The van der Waals surface area contributed by atoms with Gasteiger partial charge < -0.3 is 26.0 Å². The molecule has 1 amide bonds. The molecular weight excluding hydrogens is 428 g/mol. The molecule has 0 heterocycles. The number of carbonyl (C=O) groups is 1. The quantitative estimate of drug-likeness (QED) is 0.299. The van der Waals surface area contributed by atoms with Gasteiger partial charge in [-0.15, -0.1) is 0 Å². The van der Waals surface area contributed by atoms with Crippen LogP contribution in [0.1, 0.15) is 42.2 Å². The van der Waals surface area contributed by atoms with Crippen molar-refractivity contribution in [2.45, 2.75) is 44.8 Å². The first-order valence-corrected chi connectivity index (χ1v) is 11.5. The third-order valence-electron chi connectivity index (χ3n) is 5.66. The highest BCUT2D eigenvalue weighted by Crippen LogP contribution is 2.25. The first-order chi connectivity index (χ1) is 16.2. The molecule has 0 unspecified atom stereocenters. The summed E-state index contributed by atoms with van der Waals surface area (Å²) in [6, 6.07) is 22.2. The molecule has 1 atom stereocenters. The molecule has 34 heavy (non-hydrogen) atoms. The molecule has 0 spiro atoms. The first-order valence-electron chi connectivity index (χ1n) is 11.5. The fraction of sp³-hybridized carbons (Fsp3) is 0.321. The molecule has 0 aromatic heterocycles. The molecule has 0 aliphatic rings. The minimum atomic E-state index is -0.872. The van der Waals surface area contributed by atoms with E-state index in [1.807, 2.05) is 56.3 Å². The summed E-state index contributed by atoms with van der Waals surface area (Å²) >= 11 is 0. The van der Waals surface area contributed by atoms with Crippen molar-refractivity contribution in [2.75, 3.05) is 13.1 Å². The van der Waals surface area contributed by atoms with E-state index in [9.17, 15) is 20.1 Å². The van der Waals surface area contributed by atoms with E-state index in [1.165, 1.54) is 23.8 Å². The lowest BCUT2D eigenvalue weighted by atomic mass is 9.93. The van der Waals surface area contributed by atoms with Gasteiger partial charge in [0.05, 0.1) is 12.5 Å². The van der Waals surface area contributed by atoms with Crippen LogP contribution in [0.3, 0.4) is 0 Å². The van der Waals surface area contributed by atoms with Gasteiger partial charge in [-0.3, -0.25) is 4.79 Å². The van der Waals surface area contributed by atoms with Crippen LogP contribution in [-0.4, -0.2) is 39.9 Å². The fourth-order valence-electron chi connectivity index (χ4n) is 3.96. The van der Waals surface area contributed by atoms with Crippen LogP contribution in [0.4, 0.5) is 0 Å². The lowest BCUT2D eigenvalue weighted by Crippen LogP contribution is -2.43. The van der Waals surface area contributed by atoms with Gasteiger partial charge in [0.25, 0.3) is 0 Å². The highest BCUT2D eigenvalue weighted by molar-refractivity contribution is 5.78. The number of aliphatic hydroxyl groups excluding tert-OH is 1. The molecule has 0 fully saturated rings. The van der Waals surface area contributed by atoms with Crippen LogP contribution >= 0.6 is 0 Å². The Morgan fingerprint density at radius 1 is 0.882 bits per heavy atom. The van der Waals surface area contributed by atoms with E-state index in [-0.39, 0.29) is 29.5 Å². The van der Waals surface area contributed by atoms with E-state index in [0.717, 1.165) is 17.5 Å². The predicted molar refractivity (Wildman–Crippen MR) is 134 cm³/mol. The Bertz CT molecular complexity index is 1060. The zero-order chi connectivity index (χ0) is 24.6. The zero-order valence-corrected chi connectivity index (χ0v) is 19.8. The Labute approximate surface area is 201 Å². The number of benzene rings is 3. The van der Waals surface area contributed by atoms with E-state index < -0.39 is 6.10 Å². The van der Waals surface area contributed by atoms with Crippen LogP contribution in [0.5, 0.6) is 11.5 Å². The molecule has 0 aliphatic heterocycles. The van der Waals surface area contributed by atoms with Crippen molar-refractivity contribution in [3.8, 4) is 11.5 Å². The van der Waals surface area contributed by atoms with E-state index in [2.05, 4.69) is 22.8 Å². The summed E-state index contributed by atoms with van der Waals surface area (Å²) in [6.07, 6.45) is 0.966. The van der Waals surface area contributed by atoms with Crippen LogP contribution in [0, 0.1) is 0 Å². The molecule has 3 aromatic rings. The molecule has 180 valence electrons. The number of aromatic hydroxyl groups is 2. The second-order valence-electron chi connectivity index (χ2n) is 9.32. The number of aliphatic hydroxyl groups is 1. The minimum Gasteiger partial charge on any atom is -0.508 e. The Kier molecular flexibility index (Phi) is 8.68. The van der Waals surface area contributed by atoms with Gasteiger partial charge in [0, 0.05) is 24.7 Å². The third-order valence-corrected chi connectivity index (χ3v) is 5.66. The van der Waals surface area contributed by atoms with Crippen molar-refractivity contribution in [2.24, 2.45) is 0 Å². The Hall–Kier alpha value is -3.35. The summed E-state index contributed by atoms with van der Waals surface area (Å²) in [6.45, 7) is 4.96. The number of β-amino-alcohol motifs (C(OH)–C–C–N with tert-alkyl or cyclic N) is 1. The summed E-state index contributed by atoms with van der Waals surface area (Å²) in [7, 11) is 0. The molecule has 0 bridgehead atoms. The van der Waals surface area contributed by atoms with E-state index in [0.29, 0.717) is 24.9 Å². The maximum atomic E-state index is 12.4. The molecule has 5 N–H and O–H groups in total. The molecule has 3 rings (SSSR count). The van der Waals surface area contributed by atoms with Gasteiger partial charge in [-0.25, -0.2) is 0 Å². The second kappa shape index (κ2) is 11.7. The van der Waals surface area contributed by atoms with Crippen LogP contribution in [-0.2, 0) is 24.1 Å². The average Bonchev–Trinajstić information content (AvgIpc) is 2.77. The summed E-state index contributed by atoms with van der Waals surface area (Å²) in [4.78, 5) is 12.4. The summed E-state index contributed by atoms with van der Waals surface area (Å²) in [5, 5.41) is 36.1. The Balaban J connectivity index is 1.49. The van der Waals surface area contributed by atoms with Crippen molar-refractivity contribution < 1.29 is 20.1 Å². The number of hydrogen-bond donors (Lipinski definition) is 5. The van der Waals surface area contributed by atoms with Crippen LogP contribution in [0.15, 0.2) is 72.8 Å². The van der Waals surface area contributed by atoms with Gasteiger partial charge in [-0.2, -0.15) is 0 Å². The summed E-state index contributed by atoms with van der Waals surface area (Å²) in [5.41, 5.74) is 3.38. The highest BCUT2D eigenvalue weighted by atomic mass is 16.3. The normalized spacial score (nSPS) is 12.3. The SMILES string of the molecule is CC(C)(Cc1cccc(CC(=O)NCCc2ccccc2)c1)NC[C@H](O)c1cc(O)cc(O)c1. The maximum Gasteiger partial charge on any atom is 0.224 e. The fourth-order valence-corrected chi connectivity index (χ4v) is 3.96. The molecule has 6 nitrogen and oxygen atoms in total. The van der Waals surface area contributed by atoms with Crippen LogP contribution in [0.25, 0.3) is 0 Å². The number of amides is 1. The standard InChI is InChI=1S/C28H34N2O4/c1-28(2,30-19-26(33)23-15-24(31)17-25(32)16-23)18-22-10-6-9-21(13-22)14-27(34)29-12-11-20-7-4-3-5-8-20/h3-10,13,15-17,26,30-33H,11-12,14,18-19H2,1-2H3,(H,29,34)/t26-/m0/s1. The van der Waals surface area contributed by atoms with E-state index >= 15 is 0 Å². The van der Waals surface area contributed by atoms with Gasteiger partial charge in [-0.1, -0.05) is 54.6 Å². The number of phenolic OH excluding ortho intramolecular Hbond substituents is 2. The lowest BCUT2D eigenvalue weighted by molar-refractivity contribution is -0.120. The monoisotopic (exact) mass is 462 g/mol. The lowest BCUT2D eigenvalue weighted by Gasteiger charge is -2.28. The number of rotatable bonds is 11. The first kappa shape index (κ1) is 25.3. The number of nitrogens with one attached hydrogen (secondary N) is 2. The highest BCUT2D eigenvalue weighted by Gasteiger charge is 2.20. The zero-order valence-electron chi connectivity index (χ0n) is 19.8. The van der Waals surface area contributed by atoms with Crippen molar-refractivity contribution in [1.82, 2.24) is 10.6 Å². The third kappa shape index (κ3) is 8.21. The molecule has 0 radical (unpaired) electrons. The van der Waals surface area contributed by atoms with Crippen molar-refractivity contribution in [1.29, 1.82) is 0 Å². The van der Waals surface area contributed by atoms with E-state index in [4.69, 9.17) is 0 Å². The summed E-state index contributed by atoms with van der Waals surface area (Å²) < 4.78 is 0. The smallest absolute Gasteiger partial charge is 0.224 e. The van der Waals surface area contributed by atoms with Gasteiger partial charge in [-0.05, 0) is 61.1 Å². The molecular formula is C28H34N2O4. The summed E-state index contributed by atoms with van der Waals surface area (Å²) in [5.74, 6) is -0.175. The molecule has 0 saturated heterocycles. The van der Waals surface area contributed by atoms with Gasteiger partial charge >= 0.3 is 0 Å². The molecule has 0 aliphatic carbocycles. The van der Waals surface area contributed by atoms with Crippen molar-refractivity contribution in [3.05, 3.63) is 95.1 Å². The Morgan fingerprint density at radius 3 is 2.24 bits per heavy atom. The maximum absolute atomic E-state index is 12.4. The predicted octanol–water partition coefficient (Wildman–Crippen LogP) is 3.64. The number of carbonyl (C=O) groups excluding carboxylic acids is 1. The van der Waals surface area contributed by atoms with Gasteiger partial charge in [0.1, 0.15) is 11.5 Å². The number of phenols is 2. The molecule has 0 saturated carbocycles. The molecule has 6 heteroatoms. The van der Waals surface area contributed by atoms with Crippen molar-refractivity contribution >= 4 is 5.91 Å². The van der Waals surface area contributed by atoms with Crippen molar-refractivity contribution in [3.63, 3.8) is 0 Å².